The van der Waals surface area contributed by atoms with E-state index in [9.17, 15) is 4.79 Å². The number of aromatic nitrogens is 2. The molecule has 2 rings (SSSR count). The van der Waals surface area contributed by atoms with Gasteiger partial charge in [-0.3, -0.25) is 10.1 Å². The zero-order valence-electron chi connectivity index (χ0n) is 9.82. The van der Waals surface area contributed by atoms with Crippen molar-refractivity contribution in [3.8, 4) is 0 Å². The van der Waals surface area contributed by atoms with E-state index in [0.717, 1.165) is 11.5 Å². The van der Waals surface area contributed by atoms with Gasteiger partial charge in [0.25, 0.3) is 5.91 Å². The number of hydrogen-bond donors (Lipinski definition) is 2. The number of anilines is 2. The number of nitrogens with one attached hydrogen (secondary N) is 2. The Balaban J connectivity index is 2.25. The summed E-state index contributed by atoms with van der Waals surface area (Å²) in [6.45, 7) is 1.77. The van der Waals surface area contributed by atoms with E-state index < -0.39 is 0 Å². The highest BCUT2D eigenvalue weighted by molar-refractivity contribution is 7.09. The lowest BCUT2D eigenvalue weighted by Crippen LogP contribution is -2.13. The molecule has 18 heavy (non-hydrogen) atoms. The number of nitrogens with zero attached hydrogens (tertiary/aromatic N) is 2. The fourth-order valence-electron chi connectivity index (χ4n) is 1.43. The maximum absolute atomic E-state index is 12.1. The number of rotatable bonds is 3. The first-order chi connectivity index (χ1) is 8.60. The van der Waals surface area contributed by atoms with Crippen LogP contribution in [0.4, 0.5) is 10.8 Å². The van der Waals surface area contributed by atoms with Gasteiger partial charge in [0, 0.05) is 29.3 Å². The van der Waals surface area contributed by atoms with E-state index in [-0.39, 0.29) is 5.91 Å². The highest BCUT2D eigenvalue weighted by Crippen LogP contribution is 2.22. The molecular formula is C11H11ClN4OS. The van der Waals surface area contributed by atoms with Crippen molar-refractivity contribution in [3.05, 3.63) is 34.6 Å². The minimum atomic E-state index is -0.266. The molecule has 0 saturated heterocycles. The summed E-state index contributed by atoms with van der Waals surface area (Å²) in [4.78, 5) is 16.2. The first-order valence-electron chi connectivity index (χ1n) is 5.19. The van der Waals surface area contributed by atoms with Crippen molar-refractivity contribution in [2.45, 2.75) is 6.92 Å². The summed E-state index contributed by atoms with van der Waals surface area (Å²) in [5.41, 5.74) is 1.18. The molecule has 1 aromatic carbocycles. The van der Waals surface area contributed by atoms with Crippen LogP contribution >= 0.6 is 23.1 Å². The molecule has 0 atom stereocenters. The molecule has 0 radical (unpaired) electrons. The largest absolute Gasteiger partial charge is 0.387 e. The maximum Gasteiger partial charge on any atom is 0.259 e. The standard InChI is InChI=1S/C11H11ClN4OS/c1-6-14-11(18-16-6)15-10(17)8-5-7(12)3-4-9(8)13-2/h3-5,13H,1-2H3,(H,14,15,16,17). The normalized spacial score (nSPS) is 10.2. The molecule has 0 fully saturated rings. The molecule has 7 heteroatoms. The van der Waals surface area contributed by atoms with Crippen molar-refractivity contribution in [2.24, 2.45) is 0 Å². The molecule has 0 bridgehead atoms. The van der Waals surface area contributed by atoms with Gasteiger partial charge in [0.05, 0.1) is 5.56 Å². The van der Waals surface area contributed by atoms with Crippen LogP contribution in [-0.4, -0.2) is 22.3 Å². The number of amides is 1. The lowest BCUT2D eigenvalue weighted by molar-refractivity contribution is 0.102. The second kappa shape index (κ2) is 5.32. The van der Waals surface area contributed by atoms with Crippen molar-refractivity contribution >= 4 is 39.9 Å². The summed E-state index contributed by atoms with van der Waals surface area (Å²) in [5.74, 6) is 0.369. The van der Waals surface area contributed by atoms with Crippen LogP contribution in [0.5, 0.6) is 0 Å². The number of carbonyl (C=O) groups is 1. The molecule has 0 saturated carbocycles. The van der Waals surface area contributed by atoms with Crippen LogP contribution < -0.4 is 10.6 Å². The molecule has 2 N–H and O–H groups in total. The first kappa shape index (κ1) is 12.8. The lowest BCUT2D eigenvalue weighted by atomic mass is 10.1. The lowest BCUT2D eigenvalue weighted by Gasteiger charge is -2.08. The Morgan fingerprint density at radius 2 is 2.22 bits per heavy atom. The van der Waals surface area contributed by atoms with E-state index in [0.29, 0.717) is 27.2 Å². The zero-order chi connectivity index (χ0) is 13.1. The van der Waals surface area contributed by atoms with Gasteiger partial charge in [-0.25, -0.2) is 4.98 Å². The SMILES string of the molecule is CNc1ccc(Cl)cc1C(=O)Nc1nc(C)ns1. The molecule has 1 heterocycles. The van der Waals surface area contributed by atoms with Crippen LogP contribution in [0.1, 0.15) is 16.2 Å². The van der Waals surface area contributed by atoms with Gasteiger partial charge in [-0.15, -0.1) is 0 Å². The maximum atomic E-state index is 12.1. The van der Waals surface area contributed by atoms with Gasteiger partial charge in [0.1, 0.15) is 5.82 Å². The second-order valence-electron chi connectivity index (χ2n) is 3.54. The minimum Gasteiger partial charge on any atom is -0.387 e. The van der Waals surface area contributed by atoms with E-state index in [1.165, 1.54) is 0 Å². The molecule has 0 spiro atoms. The summed E-state index contributed by atoms with van der Waals surface area (Å²) in [6.07, 6.45) is 0. The summed E-state index contributed by atoms with van der Waals surface area (Å²) < 4.78 is 4.00. The smallest absolute Gasteiger partial charge is 0.259 e. The number of aryl methyl sites for hydroxylation is 1. The average molecular weight is 283 g/mol. The second-order valence-corrected chi connectivity index (χ2v) is 4.73. The molecule has 94 valence electrons. The highest BCUT2D eigenvalue weighted by atomic mass is 35.5. The van der Waals surface area contributed by atoms with Crippen molar-refractivity contribution < 1.29 is 4.79 Å². The predicted molar refractivity (Wildman–Crippen MR) is 73.6 cm³/mol. The van der Waals surface area contributed by atoms with E-state index in [2.05, 4.69) is 20.0 Å². The molecule has 2 aromatic rings. The molecule has 0 aliphatic carbocycles. The summed E-state index contributed by atoms with van der Waals surface area (Å²) in [5, 5.41) is 6.61. The average Bonchev–Trinajstić information content (AvgIpc) is 2.74. The van der Waals surface area contributed by atoms with Crippen molar-refractivity contribution in [3.63, 3.8) is 0 Å². The fourth-order valence-corrected chi connectivity index (χ4v) is 2.18. The van der Waals surface area contributed by atoms with Gasteiger partial charge >= 0.3 is 0 Å². The summed E-state index contributed by atoms with van der Waals surface area (Å²) in [7, 11) is 1.75. The van der Waals surface area contributed by atoms with E-state index in [4.69, 9.17) is 11.6 Å². The van der Waals surface area contributed by atoms with E-state index in [1.54, 1.807) is 32.2 Å². The summed E-state index contributed by atoms with van der Waals surface area (Å²) >= 11 is 7.04. The third-order valence-electron chi connectivity index (χ3n) is 2.24. The molecule has 0 aliphatic heterocycles. The molecule has 1 amide bonds. The highest BCUT2D eigenvalue weighted by Gasteiger charge is 2.13. The Morgan fingerprint density at radius 1 is 1.44 bits per heavy atom. The van der Waals surface area contributed by atoms with Crippen molar-refractivity contribution in [1.29, 1.82) is 0 Å². The Kier molecular flexibility index (Phi) is 3.78. The van der Waals surface area contributed by atoms with Gasteiger partial charge in [0.15, 0.2) is 0 Å². The third kappa shape index (κ3) is 2.77. The molecule has 5 nitrogen and oxygen atoms in total. The van der Waals surface area contributed by atoms with E-state index >= 15 is 0 Å². The van der Waals surface area contributed by atoms with Crippen molar-refractivity contribution in [1.82, 2.24) is 9.36 Å². The Labute approximate surface area is 113 Å². The van der Waals surface area contributed by atoms with Crippen molar-refractivity contribution in [2.75, 3.05) is 17.7 Å². The van der Waals surface area contributed by atoms with Crippen LogP contribution in [0.2, 0.25) is 5.02 Å². The topological polar surface area (TPSA) is 66.9 Å². The minimum absolute atomic E-state index is 0.266. The quantitative estimate of drug-likeness (QED) is 0.908. The molecule has 0 aliphatic rings. The van der Waals surface area contributed by atoms with Crippen LogP contribution in [-0.2, 0) is 0 Å². The Morgan fingerprint density at radius 3 is 2.83 bits per heavy atom. The van der Waals surface area contributed by atoms with Crippen LogP contribution in [0, 0.1) is 6.92 Å². The van der Waals surface area contributed by atoms with Gasteiger partial charge in [-0.2, -0.15) is 4.37 Å². The monoisotopic (exact) mass is 282 g/mol. The van der Waals surface area contributed by atoms with Crippen LogP contribution in [0.3, 0.4) is 0 Å². The Hall–Kier alpha value is -1.66. The van der Waals surface area contributed by atoms with Crippen LogP contribution in [0.15, 0.2) is 18.2 Å². The van der Waals surface area contributed by atoms with E-state index in [1.807, 2.05) is 0 Å². The predicted octanol–water partition coefficient (Wildman–Crippen LogP) is 2.79. The first-order valence-corrected chi connectivity index (χ1v) is 6.34. The van der Waals surface area contributed by atoms with Gasteiger partial charge < -0.3 is 5.32 Å². The fraction of sp³-hybridized carbons (Fsp3) is 0.182. The van der Waals surface area contributed by atoms with Gasteiger partial charge in [0.2, 0.25) is 5.13 Å². The van der Waals surface area contributed by atoms with Gasteiger partial charge in [-0.1, -0.05) is 11.6 Å². The Bertz CT molecular complexity index is 584. The molecule has 0 unspecified atom stereocenters. The summed E-state index contributed by atoms with van der Waals surface area (Å²) in [6, 6.07) is 5.08. The molecule has 1 aromatic heterocycles. The third-order valence-corrected chi connectivity index (χ3v) is 3.20. The van der Waals surface area contributed by atoms with Crippen LogP contribution in [0.25, 0.3) is 0 Å². The zero-order valence-corrected chi connectivity index (χ0v) is 11.4. The number of halogens is 1. The number of benzene rings is 1. The molecular weight excluding hydrogens is 272 g/mol. The number of carbonyl (C=O) groups excluding carboxylic acids is 1. The number of hydrogen-bond acceptors (Lipinski definition) is 5. The van der Waals surface area contributed by atoms with Gasteiger partial charge in [-0.05, 0) is 25.1 Å².